The lowest BCUT2D eigenvalue weighted by Crippen LogP contribution is -2.40. The smallest absolute Gasteiger partial charge is 0.251 e. The molecule has 1 aromatic heterocycles. The number of aryl methyl sites for hydroxylation is 2. The lowest BCUT2D eigenvalue weighted by atomic mass is 9.90. The van der Waals surface area contributed by atoms with E-state index in [-0.39, 0.29) is 17.0 Å². The molecule has 0 radical (unpaired) electrons. The Labute approximate surface area is 176 Å². The highest BCUT2D eigenvalue weighted by molar-refractivity contribution is 6.31. The van der Waals surface area contributed by atoms with Crippen LogP contribution in [0.1, 0.15) is 65.7 Å². The Kier molecular flexibility index (Phi) is 6.04. The first-order valence-corrected chi connectivity index (χ1v) is 10.9. The van der Waals surface area contributed by atoms with Gasteiger partial charge in [0.25, 0.3) is 5.91 Å². The van der Waals surface area contributed by atoms with Gasteiger partial charge in [-0.05, 0) is 93.7 Å². The van der Waals surface area contributed by atoms with E-state index in [2.05, 4.69) is 23.6 Å². The lowest BCUT2D eigenvalue weighted by Gasteiger charge is -2.30. The number of aromatic nitrogens is 1. The first-order chi connectivity index (χ1) is 14.0. The van der Waals surface area contributed by atoms with Crippen LogP contribution in [-0.4, -0.2) is 23.0 Å². The van der Waals surface area contributed by atoms with E-state index in [1.165, 1.54) is 47.9 Å². The predicted molar refractivity (Wildman–Crippen MR) is 114 cm³/mol. The van der Waals surface area contributed by atoms with Crippen molar-refractivity contribution < 1.29 is 9.18 Å². The minimum Gasteiger partial charge on any atom is -0.367 e. The van der Waals surface area contributed by atoms with E-state index in [1.807, 2.05) is 0 Å². The second-order valence-electron chi connectivity index (χ2n) is 8.25. The maximum absolute atomic E-state index is 13.3. The summed E-state index contributed by atoms with van der Waals surface area (Å²) in [4.78, 5) is 17.3. The normalized spacial score (nSPS) is 21.3. The van der Waals surface area contributed by atoms with Crippen LogP contribution in [0.25, 0.3) is 0 Å². The van der Waals surface area contributed by atoms with Gasteiger partial charge in [-0.25, -0.2) is 9.37 Å². The van der Waals surface area contributed by atoms with Crippen molar-refractivity contribution in [2.24, 2.45) is 0 Å². The molecule has 2 N–H and O–H groups in total. The van der Waals surface area contributed by atoms with E-state index in [4.69, 9.17) is 16.6 Å². The molecule has 2 aliphatic carbocycles. The monoisotopic (exact) mass is 415 g/mol. The fourth-order valence-electron chi connectivity index (χ4n) is 4.48. The zero-order chi connectivity index (χ0) is 20.4. The number of fused-ring (bicyclic) bond motifs is 1. The van der Waals surface area contributed by atoms with E-state index < -0.39 is 5.82 Å². The second kappa shape index (κ2) is 8.70. The third kappa shape index (κ3) is 4.72. The van der Waals surface area contributed by atoms with Gasteiger partial charge >= 0.3 is 0 Å². The van der Waals surface area contributed by atoms with Gasteiger partial charge in [0.05, 0.1) is 5.02 Å². The molecular formula is C23H27ClFN3O. The molecule has 1 aromatic carbocycles. The van der Waals surface area contributed by atoms with Crippen LogP contribution in [0.4, 0.5) is 10.2 Å². The number of benzene rings is 1. The van der Waals surface area contributed by atoms with Crippen molar-refractivity contribution in [2.45, 2.75) is 70.4 Å². The maximum Gasteiger partial charge on any atom is 0.251 e. The van der Waals surface area contributed by atoms with E-state index in [0.717, 1.165) is 44.3 Å². The van der Waals surface area contributed by atoms with Crippen LogP contribution in [0.5, 0.6) is 0 Å². The van der Waals surface area contributed by atoms with Crippen LogP contribution in [0.15, 0.2) is 24.3 Å². The number of nitrogens with one attached hydrogen (secondary N) is 2. The molecule has 4 nitrogen and oxygen atoms in total. The van der Waals surface area contributed by atoms with E-state index in [9.17, 15) is 9.18 Å². The minimum atomic E-state index is -0.513. The summed E-state index contributed by atoms with van der Waals surface area (Å²) < 4.78 is 13.3. The van der Waals surface area contributed by atoms with Crippen molar-refractivity contribution in [1.82, 2.24) is 10.3 Å². The summed E-state index contributed by atoms with van der Waals surface area (Å²) in [6, 6.07) is 6.75. The molecule has 0 unspecified atom stereocenters. The Morgan fingerprint density at radius 2 is 1.83 bits per heavy atom. The van der Waals surface area contributed by atoms with Gasteiger partial charge in [0.1, 0.15) is 11.6 Å². The summed E-state index contributed by atoms with van der Waals surface area (Å²) in [6.07, 6.45) is 8.50. The molecule has 6 heteroatoms. The number of carbonyl (C=O) groups is 1. The van der Waals surface area contributed by atoms with Crippen molar-refractivity contribution >= 4 is 23.3 Å². The van der Waals surface area contributed by atoms with Crippen LogP contribution < -0.4 is 10.6 Å². The molecule has 0 atom stereocenters. The zero-order valence-electron chi connectivity index (χ0n) is 16.7. The third-order valence-electron chi connectivity index (χ3n) is 6.12. The quantitative estimate of drug-likeness (QED) is 0.720. The van der Waals surface area contributed by atoms with Gasteiger partial charge in [-0.15, -0.1) is 0 Å². The minimum absolute atomic E-state index is 0.0293. The van der Waals surface area contributed by atoms with Crippen LogP contribution in [0, 0.1) is 12.7 Å². The van der Waals surface area contributed by atoms with Crippen LogP contribution in [0.2, 0.25) is 5.02 Å². The van der Waals surface area contributed by atoms with E-state index in [0.29, 0.717) is 11.6 Å². The molecule has 0 bridgehead atoms. The molecule has 4 rings (SSSR count). The number of amides is 1. The van der Waals surface area contributed by atoms with Gasteiger partial charge in [-0.1, -0.05) is 11.6 Å². The number of carbonyl (C=O) groups excluding carboxylic acids is 1. The van der Waals surface area contributed by atoms with E-state index >= 15 is 0 Å². The highest BCUT2D eigenvalue weighted by atomic mass is 35.5. The zero-order valence-corrected chi connectivity index (χ0v) is 17.5. The summed E-state index contributed by atoms with van der Waals surface area (Å²) in [6.45, 7) is 2.19. The van der Waals surface area contributed by atoms with Crippen LogP contribution in [-0.2, 0) is 12.8 Å². The van der Waals surface area contributed by atoms with Gasteiger partial charge in [0, 0.05) is 23.3 Å². The Morgan fingerprint density at radius 3 is 2.59 bits per heavy atom. The average Bonchev–Trinajstić information content (AvgIpc) is 2.71. The number of anilines is 1. The Balaban J connectivity index is 1.31. The molecule has 0 spiro atoms. The number of rotatable bonds is 4. The van der Waals surface area contributed by atoms with Gasteiger partial charge in [-0.2, -0.15) is 0 Å². The number of hydrogen-bond donors (Lipinski definition) is 2. The van der Waals surface area contributed by atoms with Gasteiger partial charge in [-0.3, -0.25) is 4.79 Å². The fraction of sp³-hybridized carbons (Fsp3) is 0.478. The van der Waals surface area contributed by atoms with Crippen molar-refractivity contribution in [3.8, 4) is 0 Å². The van der Waals surface area contributed by atoms with Crippen molar-refractivity contribution in [3.63, 3.8) is 0 Å². The van der Waals surface area contributed by atoms with E-state index in [1.54, 1.807) is 0 Å². The molecule has 0 saturated heterocycles. The van der Waals surface area contributed by atoms with Crippen molar-refractivity contribution in [3.05, 3.63) is 57.5 Å². The highest BCUT2D eigenvalue weighted by Gasteiger charge is 2.24. The van der Waals surface area contributed by atoms with Crippen LogP contribution in [0.3, 0.4) is 0 Å². The standard InChI is InChI=1S/C23H27ClFN3O/c1-14-12-22(28-21-5-3-2-4-18(14)21)26-16-7-9-17(10-8-16)27-23(29)15-6-11-20(25)19(24)13-15/h6,11-13,16-17H,2-5,7-10H2,1H3,(H,26,28)(H,27,29). The summed E-state index contributed by atoms with van der Waals surface area (Å²) in [7, 11) is 0. The largest absolute Gasteiger partial charge is 0.367 e. The number of hydrogen-bond acceptors (Lipinski definition) is 3. The molecule has 1 amide bonds. The Hall–Kier alpha value is -2.14. The summed E-state index contributed by atoms with van der Waals surface area (Å²) in [5.74, 6) is 0.271. The molecule has 1 saturated carbocycles. The number of halogens is 2. The van der Waals surface area contributed by atoms with Crippen LogP contribution >= 0.6 is 11.6 Å². The maximum atomic E-state index is 13.3. The first-order valence-electron chi connectivity index (χ1n) is 10.5. The summed E-state index contributed by atoms with van der Waals surface area (Å²) in [5.41, 5.74) is 4.44. The molecule has 154 valence electrons. The first kappa shape index (κ1) is 20.1. The average molecular weight is 416 g/mol. The van der Waals surface area contributed by atoms with Crippen molar-refractivity contribution in [1.29, 1.82) is 0 Å². The molecule has 2 aliphatic rings. The second-order valence-corrected chi connectivity index (χ2v) is 8.66. The SMILES string of the molecule is Cc1cc(NC2CCC(NC(=O)c3ccc(F)c(Cl)c3)CC2)nc2c1CCCC2. The Bertz CT molecular complexity index is 909. The van der Waals surface area contributed by atoms with Crippen molar-refractivity contribution in [2.75, 3.05) is 5.32 Å². The van der Waals surface area contributed by atoms with Gasteiger partial charge in [0.15, 0.2) is 0 Å². The molecule has 29 heavy (non-hydrogen) atoms. The lowest BCUT2D eigenvalue weighted by molar-refractivity contribution is 0.0926. The summed E-state index contributed by atoms with van der Waals surface area (Å²) in [5, 5.41) is 6.63. The molecule has 1 fully saturated rings. The Morgan fingerprint density at radius 1 is 1.10 bits per heavy atom. The molecule has 0 aliphatic heterocycles. The fourth-order valence-corrected chi connectivity index (χ4v) is 4.66. The van der Waals surface area contributed by atoms with Gasteiger partial charge in [0.2, 0.25) is 0 Å². The highest BCUT2D eigenvalue weighted by Crippen LogP contribution is 2.27. The molecular weight excluding hydrogens is 389 g/mol. The number of pyridine rings is 1. The third-order valence-corrected chi connectivity index (χ3v) is 6.41. The predicted octanol–water partition coefficient (Wildman–Crippen LogP) is 5.21. The molecule has 1 heterocycles. The topological polar surface area (TPSA) is 54.0 Å². The molecule has 2 aromatic rings. The number of nitrogens with zero attached hydrogens (tertiary/aromatic N) is 1. The van der Waals surface area contributed by atoms with Gasteiger partial charge < -0.3 is 10.6 Å². The summed E-state index contributed by atoms with van der Waals surface area (Å²) >= 11 is 5.78.